The molecule has 0 atom stereocenters. The Labute approximate surface area is 170 Å². The van der Waals surface area contributed by atoms with Crippen LogP contribution in [0, 0.1) is 11.3 Å². The summed E-state index contributed by atoms with van der Waals surface area (Å²) < 4.78 is 14.4. The summed E-state index contributed by atoms with van der Waals surface area (Å²) in [5, 5.41) is 10.9. The fourth-order valence-electron chi connectivity index (χ4n) is 3.47. The van der Waals surface area contributed by atoms with Crippen LogP contribution in [0.2, 0.25) is 0 Å². The molecule has 0 aliphatic heterocycles. The number of rotatable bonds is 5. The first-order valence-electron chi connectivity index (χ1n) is 9.35. The van der Waals surface area contributed by atoms with E-state index in [0.29, 0.717) is 11.7 Å². The molecular formula is C25H19N2OP. The van der Waals surface area contributed by atoms with Crippen molar-refractivity contribution in [3.63, 3.8) is 0 Å². The lowest BCUT2D eigenvalue weighted by Gasteiger charge is -2.21. The monoisotopic (exact) mass is 394 g/mol. The van der Waals surface area contributed by atoms with Crippen molar-refractivity contribution in [3.05, 3.63) is 114 Å². The minimum absolute atomic E-state index is 0.362. The van der Waals surface area contributed by atoms with Gasteiger partial charge < -0.3 is 4.57 Å². The smallest absolute Gasteiger partial charge is 0.147 e. The first kappa shape index (κ1) is 18.9. The van der Waals surface area contributed by atoms with Crippen molar-refractivity contribution < 1.29 is 4.57 Å². The molecule has 0 amide bonds. The van der Waals surface area contributed by atoms with Gasteiger partial charge in [0.05, 0.1) is 17.3 Å². The molecule has 4 aromatic rings. The number of hydrogen-bond donors (Lipinski definition) is 0. The van der Waals surface area contributed by atoms with Gasteiger partial charge in [-0.2, -0.15) is 5.26 Å². The minimum atomic E-state index is -2.92. The number of pyridine rings is 1. The summed E-state index contributed by atoms with van der Waals surface area (Å²) in [7, 11) is -2.92. The molecular weight excluding hydrogens is 375 g/mol. The van der Waals surface area contributed by atoms with Crippen LogP contribution in [0.5, 0.6) is 0 Å². The Morgan fingerprint density at radius 2 is 1.45 bits per heavy atom. The first-order valence-corrected chi connectivity index (χ1v) is 11.2. The van der Waals surface area contributed by atoms with Gasteiger partial charge in [0, 0.05) is 28.5 Å². The zero-order valence-electron chi connectivity index (χ0n) is 15.8. The minimum Gasteiger partial charge on any atom is -0.313 e. The SMILES string of the molecule is N#Cc1cccc(-c2ncccc2CP(=O)(c2ccccc2)c2ccccc2)c1. The molecule has 0 bridgehead atoms. The zero-order chi connectivity index (χ0) is 20.1. The van der Waals surface area contributed by atoms with Crippen LogP contribution in [-0.2, 0) is 10.7 Å². The summed E-state index contributed by atoms with van der Waals surface area (Å²) in [6.45, 7) is 0. The second-order valence-electron chi connectivity index (χ2n) is 6.77. The quantitative estimate of drug-likeness (QED) is 0.441. The van der Waals surface area contributed by atoms with Gasteiger partial charge in [-0.05, 0) is 23.8 Å². The van der Waals surface area contributed by atoms with Crippen molar-refractivity contribution in [2.75, 3.05) is 0 Å². The Morgan fingerprint density at radius 1 is 0.793 bits per heavy atom. The van der Waals surface area contributed by atoms with Crippen molar-refractivity contribution in [1.29, 1.82) is 5.26 Å². The third-order valence-electron chi connectivity index (χ3n) is 4.90. The lowest BCUT2D eigenvalue weighted by atomic mass is 10.0. The van der Waals surface area contributed by atoms with Crippen molar-refractivity contribution in [2.45, 2.75) is 6.16 Å². The number of benzene rings is 3. The van der Waals surface area contributed by atoms with Crippen LogP contribution in [0.25, 0.3) is 11.3 Å². The third kappa shape index (κ3) is 3.90. The van der Waals surface area contributed by atoms with E-state index in [-0.39, 0.29) is 0 Å². The number of hydrogen-bond acceptors (Lipinski definition) is 3. The molecule has 0 saturated carbocycles. The van der Waals surface area contributed by atoms with Crippen LogP contribution in [-0.4, -0.2) is 4.98 Å². The predicted molar refractivity (Wildman–Crippen MR) is 118 cm³/mol. The van der Waals surface area contributed by atoms with E-state index in [1.54, 1.807) is 12.3 Å². The summed E-state index contributed by atoms with van der Waals surface area (Å²) in [6, 6.07) is 32.7. The fourth-order valence-corrected chi connectivity index (χ4v) is 6.18. The maximum absolute atomic E-state index is 14.4. The van der Waals surface area contributed by atoms with E-state index in [1.165, 1.54) is 0 Å². The molecule has 3 aromatic carbocycles. The van der Waals surface area contributed by atoms with Crippen molar-refractivity contribution >= 4 is 17.8 Å². The van der Waals surface area contributed by atoms with Gasteiger partial charge in [0.15, 0.2) is 0 Å². The summed E-state index contributed by atoms with van der Waals surface area (Å²) in [4.78, 5) is 4.57. The molecule has 140 valence electrons. The molecule has 0 N–H and O–H groups in total. The van der Waals surface area contributed by atoms with Gasteiger partial charge in [0.25, 0.3) is 0 Å². The summed E-state index contributed by atoms with van der Waals surface area (Å²) in [6.07, 6.45) is 2.09. The Kier molecular flexibility index (Phi) is 5.38. The van der Waals surface area contributed by atoms with E-state index < -0.39 is 7.14 Å². The molecule has 3 nitrogen and oxygen atoms in total. The second-order valence-corrected chi connectivity index (χ2v) is 9.60. The molecule has 0 radical (unpaired) electrons. The molecule has 0 fully saturated rings. The molecule has 4 heteroatoms. The Bertz CT molecular complexity index is 1170. The molecule has 0 spiro atoms. The Hall–Kier alpha value is -3.47. The molecule has 0 unspecified atom stereocenters. The van der Waals surface area contributed by atoms with Crippen LogP contribution in [0.15, 0.2) is 103 Å². The normalized spacial score (nSPS) is 11.0. The lowest BCUT2D eigenvalue weighted by Crippen LogP contribution is -2.17. The Morgan fingerprint density at radius 3 is 2.07 bits per heavy atom. The van der Waals surface area contributed by atoms with Crippen LogP contribution < -0.4 is 10.6 Å². The number of nitriles is 1. The van der Waals surface area contributed by atoms with E-state index in [1.807, 2.05) is 91.0 Å². The van der Waals surface area contributed by atoms with E-state index >= 15 is 0 Å². The highest BCUT2D eigenvalue weighted by atomic mass is 31.2. The maximum atomic E-state index is 14.4. The zero-order valence-corrected chi connectivity index (χ0v) is 16.7. The third-order valence-corrected chi connectivity index (χ3v) is 7.95. The van der Waals surface area contributed by atoms with E-state index in [9.17, 15) is 9.83 Å². The van der Waals surface area contributed by atoms with Crippen LogP contribution >= 0.6 is 7.14 Å². The van der Waals surface area contributed by atoms with Crippen molar-refractivity contribution in [1.82, 2.24) is 4.98 Å². The summed E-state index contributed by atoms with van der Waals surface area (Å²) in [5.74, 6) is 0. The molecule has 0 aliphatic rings. The fraction of sp³-hybridized carbons (Fsp3) is 0.0400. The van der Waals surface area contributed by atoms with Gasteiger partial charge in [0.2, 0.25) is 0 Å². The van der Waals surface area contributed by atoms with Crippen molar-refractivity contribution in [3.8, 4) is 17.3 Å². The topological polar surface area (TPSA) is 53.8 Å². The molecule has 0 saturated heterocycles. The summed E-state index contributed by atoms with van der Waals surface area (Å²) >= 11 is 0. The molecule has 29 heavy (non-hydrogen) atoms. The van der Waals surface area contributed by atoms with E-state index in [2.05, 4.69) is 11.1 Å². The van der Waals surface area contributed by atoms with Gasteiger partial charge in [-0.3, -0.25) is 4.98 Å². The largest absolute Gasteiger partial charge is 0.313 e. The van der Waals surface area contributed by atoms with Crippen LogP contribution in [0.3, 0.4) is 0 Å². The standard InChI is InChI=1S/C25H19N2OP/c26-18-20-9-7-10-21(17-20)25-22(11-8-16-27-25)19-29(28,23-12-3-1-4-13-23)24-14-5-2-6-15-24/h1-17H,19H2. The average Bonchev–Trinajstić information content (AvgIpc) is 2.80. The Balaban J connectivity index is 1.85. The highest BCUT2D eigenvalue weighted by molar-refractivity contribution is 7.78. The first-order chi connectivity index (χ1) is 14.2. The highest BCUT2D eigenvalue weighted by Gasteiger charge is 2.28. The van der Waals surface area contributed by atoms with Gasteiger partial charge in [-0.15, -0.1) is 0 Å². The van der Waals surface area contributed by atoms with Gasteiger partial charge >= 0.3 is 0 Å². The summed E-state index contributed by atoms with van der Waals surface area (Å²) in [5.41, 5.74) is 3.09. The molecule has 0 aliphatic carbocycles. The van der Waals surface area contributed by atoms with Crippen LogP contribution in [0.1, 0.15) is 11.1 Å². The van der Waals surface area contributed by atoms with E-state index in [0.717, 1.165) is 27.4 Å². The maximum Gasteiger partial charge on any atom is 0.147 e. The van der Waals surface area contributed by atoms with Crippen LogP contribution in [0.4, 0.5) is 0 Å². The predicted octanol–water partition coefficient (Wildman–Crippen LogP) is 5.13. The average molecular weight is 394 g/mol. The van der Waals surface area contributed by atoms with E-state index in [4.69, 9.17) is 0 Å². The van der Waals surface area contributed by atoms with Crippen molar-refractivity contribution in [2.24, 2.45) is 0 Å². The van der Waals surface area contributed by atoms with Gasteiger partial charge in [0.1, 0.15) is 7.14 Å². The number of nitrogens with zero attached hydrogens (tertiary/aromatic N) is 2. The molecule has 1 heterocycles. The number of aromatic nitrogens is 1. The second kappa shape index (κ2) is 8.27. The highest BCUT2D eigenvalue weighted by Crippen LogP contribution is 2.48. The van der Waals surface area contributed by atoms with Gasteiger partial charge in [-0.1, -0.05) is 78.9 Å². The lowest BCUT2D eigenvalue weighted by molar-refractivity contribution is 0.586. The molecule has 4 rings (SSSR count). The van der Waals surface area contributed by atoms with Gasteiger partial charge in [-0.25, -0.2) is 0 Å². The molecule has 1 aromatic heterocycles.